The Morgan fingerprint density at radius 3 is 2.53 bits per heavy atom. The van der Waals surface area contributed by atoms with E-state index in [9.17, 15) is 0 Å². The van der Waals surface area contributed by atoms with Crippen LogP contribution in [0.25, 0.3) is 0 Å². The van der Waals surface area contributed by atoms with Crippen molar-refractivity contribution in [2.75, 3.05) is 13.2 Å². The van der Waals surface area contributed by atoms with Crippen LogP contribution in [0.2, 0.25) is 10.0 Å². The Hall–Kier alpha value is -0.440. The van der Waals surface area contributed by atoms with Crippen molar-refractivity contribution in [1.29, 1.82) is 0 Å². The van der Waals surface area contributed by atoms with Crippen molar-refractivity contribution in [3.8, 4) is 5.75 Å². The fraction of sp³-hybridized carbons (Fsp3) is 0.538. The maximum Gasteiger partial charge on any atom is 0.124 e. The number of hydrogen-bond acceptors (Lipinski definition) is 2. The molecule has 1 aliphatic rings. The van der Waals surface area contributed by atoms with Gasteiger partial charge in [-0.3, -0.25) is 0 Å². The lowest BCUT2D eigenvalue weighted by molar-refractivity contribution is 0.258. The predicted molar refractivity (Wildman–Crippen MR) is 70.4 cm³/mol. The molecule has 0 aromatic heterocycles. The number of benzene rings is 1. The number of epoxide rings is 1. The summed E-state index contributed by atoms with van der Waals surface area (Å²) in [6, 6.07) is 3.64. The minimum Gasteiger partial charge on any atom is -0.490 e. The van der Waals surface area contributed by atoms with E-state index in [2.05, 4.69) is 20.8 Å². The van der Waals surface area contributed by atoms with Crippen LogP contribution in [0.5, 0.6) is 5.75 Å². The highest BCUT2D eigenvalue weighted by Crippen LogP contribution is 2.41. The lowest BCUT2D eigenvalue weighted by Crippen LogP contribution is -2.16. The Morgan fingerprint density at radius 1 is 1.35 bits per heavy atom. The molecule has 0 N–H and O–H groups in total. The van der Waals surface area contributed by atoms with Crippen molar-refractivity contribution in [3.05, 3.63) is 27.7 Å². The lowest BCUT2D eigenvalue weighted by Gasteiger charge is -2.24. The predicted octanol–water partition coefficient (Wildman–Crippen LogP) is 4.07. The van der Waals surface area contributed by atoms with Gasteiger partial charge >= 0.3 is 0 Å². The summed E-state index contributed by atoms with van der Waals surface area (Å²) in [7, 11) is 0. The molecule has 1 aromatic rings. The molecule has 0 amide bonds. The summed E-state index contributed by atoms with van der Waals surface area (Å²) in [6.07, 6.45) is 0.234. The fourth-order valence-corrected chi connectivity index (χ4v) is 2.30. The van der Waals surface area contributed by atoms with Crippen molar-refractivity contribution in [3.63, 3.8) is 0 Å². The van der Waals surface area contributed by atoms with Gasteiger partial charge in [0.05, 0.1) is 16.7 Å². The van der Waals surface area contributed by atoms with Crippen LogP contribution in [-0.4, -0.2) is 19.3 Å². The average molecular weight is 275 g/mol. The van der Waals surface area contributed by atoms with Crippen molar-refractivity contribution in [2.45, 2.75) is 32.3 Å². The second-order valence-corrected chi connectivity index (χ2v) is 6.04. The highest BCUT2D eigenvalue weighted by atomic mass is 35.5. The molecule has 1 fully saturated rings. The third-order valence-corrected chi connectivity index (χ3v) is 3.44. The summed E-state index contributed by atoms with van der Waals surface area (Å²) in [6.45, 7) is 7.62. The molecule has 1 unspecified atom stereocenters. The van der Waals surface area contributed by atoms with E-state index in [1.807, 2.05) is 6.07 Å². The zero-order chi connectivity index (χ0) is 12.6. The van der Waals surface area contributed by atoms with Gasteiger partial charge in [-0.1, -0.05) is 44.0 Å². The lowest BCUT2D eigenvalue weighted by atomic mass is 9.86. The molecule has 1 heterocycles. The summed E-state index contributed by atoms with van der Waals surface area (Å²) >= 11 is 12.3. The molecule has 1 aliphatic heterocycles. The maximum absolute atomic E-state index is 6.27. The van der Waals surface area contributed by atoms with E-state index in [1.165, 1.54) is 0 Å². The van der Waals surface area contributed by atoms with Crippen LogP contribution in [-0.2, 0) is 10.2 Å². The van der Waals surface area contributed by atoms with Crippen LogP contribution < -0.4 is 4.74 Å². The molecule has 2 rings (SSSR count). The van der Waals surface area contributed by atoms with E-state index in [4.69, 9.17) is 32.7 Å². The van der Waals surface area contributed by atoms with Crippen LogP contribution in [0.3, 0.4) is 0 Å². The monoisotopic (exact) mass is 274 g/mol. The summed E-state index contributed by atoms with van der Waals surface area (Å²) in [5, 5.41) is 1.14. The minimum atomic E-state index is -0.109. The quantitative estimate of drug-likeness (QED) is 0.776. The highest BCUT2D eigenvalue weighted by molar-refractivity contribution is 6.42. The fourth-order valence-electron chi connectivity index (χ4n) is 1.70. The van der Waals surface area contributed by atoms with Crippen LogP contribution in [0, 0.1) is 0 Å². The molecular formula is C13H16Cl2O2. The SMILES string of the molecule is CC(C)(C)c1c(OCC2CO2)ccc(Cl)c1Cl. The third-order valence-electron chi connectivity index (χ3n) is 2.63. The molecule has 17 heavy (non-hydrogen) atoms. The molecule has 0 aliphatic carbocycles. The van der Waals surface area contributed by atoms with Gasteiger partial charge in [-0.25, -0.2) is 0 Å². The number of halogens is 2. The molecule has 94 valence electrons. The van der Waals surface area contributed by atoms with E-state index >= 15 is 0 Å². The molecule has 2 nitrogen and oxygen atoms in total. The van der Waals surface area contributed by atoms with Gasteiger partial charge < -0.3 is 9.47 Å². The number of rotatable bonds is 3. The van der Waals surface area contributed by atoms with E-state index in [-0.39, 0.29) is 11.5 Å². The molecule has 0 spiro atoms. The first-order valence-electron chi connectivity index (χ1n) is 5.62. The standard InChI is InChI=1S/C13H16Cl2O2/c1-13(2,3)11-10(17-7-8-6-16-8)5-4-9(14)12(11)15/h4-5,8H,6-7H2,1-3H3. The molecule has 4 heteroatoms. The average Bonchev–Trinajstić information content (AvgIpc) is 3.01. The Bertz CT molecular complexity index is 420. The van der Waals surface area contributed by atoms with E-state index in [0.717, 1.165) is 17.9 Å². The summed E-state index contributed by atoms with van der Waals surface area (Å²) in [5.74, 6) is 0.794. The van der Waals surface area contributed by atoms with Gasteiger partial charge in [0.1, 0.15) is 18.5 Å². The smallest absolute Gasteiger partial charge is 0.124 e. The molecule has 1 saturated heterocycles. The van der Waals surface area contributed by atoms with Crippen molar-refractivity contribution < 1.29 is 9.47 Å². The number of hydrogen-bond donors (Lipinski definition) is 0. The largest absolute Gasteiger partial charge is 0.490 e. The van der Waals surface area contributed by atoms with Crippen LogP contribution in [0.1, 0.15) is 26.3 Å². The second kappa shape index (κ2) is 4.68. The minimum absolute atomic E-state index is 0.109. The zero-order valence-corrected chi connectivity index (χ0v) is 11.7. The highest BCUT2D eigenvalue weighted by Gasteiger charge is 2.27. The van der Waals surface area contributed by atoms with Crippen LogP contribution >= 0.6 is 23.2 Å². The van der Waals surface area contributed by atoms with Gasteiger partial charge in [0.15, 0.2) is 0 Å². The first-order chi connectivity index (χ1) is 7.89. The van der Waals surface area contributed by atoms with Crippen molar-refractivity contribution >= 4 is 23.2 Å². The topological polar surface area (TPSA) is 21.8 Å². The summed E-state index contributed by atoms with van der Waals surface area (Å²) < 4.78 is 10.9. The van der Waals surface area contributed by atoms with Gasteiger partial charge in [0.25, 0.3) is 0 Å². The number of ether oxygens (including phenoxy) is 2. The van der Waals surface area contributed by atoms with Gasteiger partial charge in [0, 0.05) is 5.56 Å². The Morgan fingerprint density at radius 2 is 2.00 bits per heavy atom. The Labute approximate surface area is 112 Å². The summed E-state index contributed by atoms with van der Waals surface area (Å²) in [5.41, 5.74) is 0.842. The summed E-state index contributed by atoms with van der Waals surface area (Å²) in [4.78, 5) is 0. The molecule has 0 bridgehead atoms. The van der Waals surface area contributed by atoms with Crippen LogP contribution in [0.15, 0.2) is 12.1 Å². The maximum atomic E-state index is 6.27. The van der Waals surface area contributed by atoms with Gasteiger partial charge in [-0.15, -0.1) is 0 Å². The Kier molecular flexibility index (Phi) is 3.58. The molecule has 1 aromatic carbocycles. The molecule has 1 atom stereocenters. The first-order valence-corrected chi connectivity index (χ1v) is 6.38. The third kappa shape index (κ3) is 3.06. The second-order valence-electron chi connectivity index (χ2n) is 5.25. The normalized spacial score (nSPS) is 19.2. The molecule has 0 saturated carbocycles. The van der Waals surface area contributed by atoms with Gasteiger partial charge in [-0.05, 0) is 17.5 Å². The zero-order valence-electron chi connectivity index (χ0n) is 10.2. The molecule has 0 radical (unpaired) electrons. The van der Waals surface area contributed by atoms with Gasteiger partial charge in [0.2, 0.25) is 0 Å². The van der Waals surface area contributed by atoms with E-state index < -0.39 is 0 Å². The molecular weight excluding hydrogens is 259 g/mol. The first kappa shape index (κ1) is 13.0. The van der Waals surface area contributed by atoms with E-state index in [1.54, 1.807) is 6.07 Å². The van der Waals surface area contributed by atoms with E-state index in [0.29, 0.717) is 16.7 Å². The van der Waals surface area contributed by atoms with Crippen molar-refractivity contribution in [1.82, 2.24) is 0 Å². The van der Waals surface area contributed by atoms with Gasteiger partial charge in [-0.2, -0.15) is 0 Å². The van der Waals surface area contributed by atoms with Crippen molar-refractivity contribution in [2.24, 2.45) is 0 Å². The van der Waals surface area contributed by atoms with Crippen LogP contribution in [0.4, 0.5) is 0 Å². The Balaban J connectivity index is 2.32.